The molecule has 5 nitrogen and oxygen atoms in total. The summed E-state index contributed by atoms with van der Waals surface area (Å²) >= 11 is 0. The summed E-state index contributed by atoms with van der Waals surface area (Å²) in [6.07, 6.45) is 0. The van der Waals surface area contributed by atoms with Gasteiger partial charge in [-0.25, -0.2) is 4.98 Å². The van der Waals surface area contributed by atoms with Gasteiger partial charge in [-0.05, 0) is 19.1 Å². The Hall–Kier alpha value is -2.30. The molecule has 2 aromatic rings. The lowest BCUT2D eigenvalue weighted by molar-refractivity contribution is 0.101. The number of oxazole rings is 1. The second-order valence-electron chi connectivity index (χ2n) is 3.62. The fraction of sp³-hybridized carbons (Fsp3) is 0.231. The molecule has 1 amide bonds. The number of carbonyl (C=O) groups excluding carboxylic acids is 1. The van der Waals surface area contributed by atoms with E-state index in [4.69, 9.17) is 9.15 Å². The molecule has 1 heterocycles. The number of nitrogens with one attached hydrogen (secondary N) is 1. The molecule has 1 aromatic heterocycles. The summed E-state index contributed by atoms with van der Waals surface area (Å²) in [7, 11) is 0. The van der Waals surface area contributed by atoms with Crippen LogP contribution < -0.4 is 10.1 Å². The van der Waals surface area contributed by atoms with Crippen LogP contribution in [-0.2, 0) is 0 Å². The fourth-order valence-corrected chi connectivity index (χ4v) is 1.49. The number of benzene rings is 1. The van der Waals surface area contributed by atoms with Crippen LogP contribution >= 0.6 is 0 Å². The number of amides is 1. The van der Waals surface area contributed by atoms with Crippen molar-refractivity contribution < 1.29 is 13.9 Å². The Kier molecular flexibility index (Phi) is 3.62. The molecule has 1 aromatic carbocycles. The first kappa shape index (κ1) is 12.2. The summed E-state index contributed by atoms with van der Waals surface area (Å²) in [5.74, 6) is 0.210. The highest BCUT2D eigenvalue weighted by molar-refractivity contribution is 6.04. The molecule has 0 spiro atoms. The molecule has 2 rings (SSSR count). The van der Waals surface area contributed by atoms with E-state index in [0.29, 0.717) is 18.2 Å². The first-order valence-electron chi connectivity index (χ1n) is 5.67. The van der Waals surface area contributed by atoms with Crippen LogP contribution in [0.15, 0.2) is 34.7 Å². The van der Waals surface area contributed by atoms with Crippen molar-refractivity contribution in [1.82, 2.24) is 4.98 Å². The number of nitrogens with zero attached hydrogens (tertiary/aromatic N) is 1. The number of hydrogen-bond acceptors (Lipinski definition) is 4. The summed E-state index contributed by atoms with van der Waals surface area (Å²) in [5.41, 5.74) is 0.865. The van der Waals surface area contributed by atoms with Crippen LogP contribution in [0.4, 0.5) is 5.69 Å². The van der Waals surface area contributed by atoms with Gasteiger partial charge in [0.25, 0.3) is 5.91 Å². The molecular formula is C13H14N2O3. The zero-order valence-electron chi connectivity index (χ0n) is 10.3. The molecule has 0 bridgehead atoms. The molecule has 5 heteroatoms. The highest BCUT2D eigenvalue weighted by atomic mass is 16.6. The topological polar surface area (TPSA) is 64.4 Å². The van der Waals surface area contributed by atoms with Crippen molar-refractivity contribution >= 4 is 11.6 Å². The first-order valence-corrected chi connectivity index (χ1v) is 5.67. The second-order valence-corrected chi connectivity index (χ2v) is 3.62. The number of aryl methyl sites for hydroxylation is 1. The largest absolute Gasteiger partial charge is 0.464 e. The van der Waals surface area contributed by atoms with E-state index < -0.39 is 0 Å². The van der Waals surface area contributed by atoms with E-state index >= 15 is 0 Å². The van der Waals surface area contributed by atoms with Gasteiger partial charge in [-0.2, -0.15) is 0 Å². The van der Waals surface area contributed by atoms with E-state index in [-0.39, 0.29) is 17.5 Å². The molecule has 0 saturated carbocycles. The number of carbonyl (C=O) groups is 1. The molecule has 18 heavy (non-hydrogen) atoms. The van der Waals surface area contributed by atoms with Crippen molar-refractivity contribution in [2.24, 2.45) is 0 Å². The third-order valence-electron chi connectivity index (χ3n) is 2.23. The lowest BCUT2D eigenvalue weighted by atomic mass is 10.3. The van der Waals surface area contributed by atoms with Crippen LogP contribution in [0.3, 0.4) is 0 Å². The number of aromatic nitrogens is 1. The molecular weight excluding hydrogens is 232 g/mol. The maximum Gasteiger partial charge on any atom is 0.318 e. The van der Waals surface area contributed by atoms with Crippen molar-refractivity contribution in [3.8, 4) is 5.95 Å². The number of para-hydroxylation sites is 1. The van der Waals surface area contributed by atoms with Crippen molar-refractivity contribution in [3.63, 3.8) is 0 Å². The summed E-state index contributed by atoms with van der Waals surface area (Å²) in [6, 6.07) is 9.15. The van der Waals surface area contributed by atoms with Crippen LogP contribution in [-0.4, -0.2) is 17.5 Å². The first-order chi connectivity index (χ1) is 8.70. The maximum atomic E-state index is 12.0. The van der Waals surface area contributed by atoms with Crippen LogP contribution in [0.2, 0.25) is 0 Å². The van der Waals surface area contributed by atoms with E-state index in [0.717, 1.165) is 0 Å². The molecule has 0 radical (unpaired) electrons. The summed E-state index contributed by atoms with van der Waals surface area (Å²) in [5, 5.41) is 2.73. The van der Waals surface area contributed by atoms with E-state index in [1.807, 2.05) is 25.1 Å². The summed E-state index contributed by atoms with van der Waals surface area (Å²) in [6.45, 7) is 3.90. The summed E-state index contributed by atoms with van der Waals surface area (Å²) < 4.78 is 10.4. The lowest BCUT2D eigenvalue weighted by Gasteiger charge is -2.03. The van der Waals surface area contributed by atoms with Gasteiger partial charge in [-0.3, -0.25) is 4.79 Å². The summed E-state index contributed by atoms with van der Waals surface area (Å²) in [4.78, 5) is 16.0. The molecule has 0 aliphatic rings. The highest BCUT2D eigenvalue weighted by Gasteiger charge is 2.20. The normalized spacial score (nSPS) is 10.1. The Labute approximate surface area is 105 Å². The molecule has 0 fully saturated rings. The smallest absolute Gasteiger partial charge is 0.318 e. The number of rotatable bonds is 4. The van der Waals surface area contributed by atoms with Crippen molar-refractivity contribution in [1.29, 1.82) is 0 Å². The molecule has 94 valence electrons. The van der Waals surface area contributed by atoms with Gasteiger partial charge >= 0.3 is 5.95 Å². The molecule has 0 unspecified atom stereocenters. The fourth-order valence-electron chi connectivity index (χ4n) is 1.49. The Balaban J connectivity index is 2.18. The third-order valence-corrected chi connectivity index (χ3v) is 2.23. The van der Waals surface area contributed by atoms with Gasteiger partial charge in [-0.15, -0.1) is 0 Å². The predicted octanol–water partition coefficient (Wildman–Crippen LogP) is 2.63. The van der Waals surface area contributed by atoms with Crippen molar-refractivity contribution in [2.75, 3.05) is 11.9 Å². The van der Waals surface area contributed by atoms with Gasteiger partial charge in [0.1, 0.15) is 0 Å². The standard InChI is InChI=1S/C13H14N2O3/c1-3-17-13-11(14-9(2)18-13)12(16)15-10-7-5-4-6-8-10/h4-8H,3H2,1-2H3,(H,15,16). The number of ether oxygens (including phenoxy) is 1. The average molecular weight is 246 g/mol. The number of hydrogen-bond donors (Lipinski definition) is 1. The quantitative estimate of drug-likeness (QED) is 0.900. The van der Waals surface area contributed by atoms with Gasteiger partial charge < -0.3 is 14.5 Å². The zero-order chi connectivity index (χ0) is 13.0. The van der Waals surface area contributed by atoms with Gasteiger partial charge in [0, 0.05) is 12.6 Å². The Morgan fingerprint density at radius 1 is 1.39 bits per heavy atom. The second kappa shape index (κ2) is 5.35. The van der Waals surface area contributed by atoms with Crippen LogP contribution in [0.5, 0.6) is 5.95 Å². The van der Waals surface area contributed by atoms with Crippen LogP contribution in [0.25, 0.3) is 0 Å². The van der Waals surface area contributed by atoms with Gasteiger partial charge in [0.2, 0.25) is 5.69 Å². The van der Waals surface area contributed by atoms with E-state index in [9.17, 15) is 4.79 Å². The average Bonchev–Trinajstić information content (AvgIpc) is 2.72. The minimum Gasteiger partial charge on any atom is -0.464 e. The zero-order valence-corrected chi connectivity index (χ0v) is 10.3. The van der Waals surface area contributed by atoms with E-state index in [1.165, 1.54) is 0 Å². The SMILES string of the molecule is CCOc1oc(C)nc1C(=O)Nc1ccccc1. The minimum absolute atomic E-state index is 0.156. The monoisotopic (exact) mass is 246 g/mol. The molecule has 0 aliphatic carbocycles. The van der Waals surface area contributed by atoms with Gasteiger partial charge in [0.05, 0.1) is 6.61 Å². The third kappa shape index (κ3) is 2.68. The molecule has 0 aliphatic heterocycles. The molecule has 0 atom stereocenters. The van der Waals surface area contributed by atoms with Crippen LogP contribution in [0, 0.1) is 6.92 Å². The Morgan fingerprint density at radius 2 is 2.11 bits per heavy atom. The van der Waals surface area contributed by atoms with Gasteiger partial charge in [0.15, 0.2) is 5.89 Å². The van der Waals surface area contributed by atoms with Crippen molar-refractivity contribution in [2.45, 2.75) is 13.8 Å². The van der Waals surface area contributed by atoms with Crippen LogP contribution in [0.1, 0.15) is 23.3 Å². The lowest BCUT2D eigenvalue weighted by Crippen LogP contribution is -2.13. The Morgan fingerprint density at radius 3 is 2.78 bits per heavy atom. The Bertz CT molecular complexity index is 534. The van der Waals surface area contributed by atoms with E-state index in [2.05, 4.69) is 10.3 Å². The highest BCUT2D eigenvalue weighted by Crippen LogP contribution is 2.21. The van der Waals surface area contributed by atoms with Crippen molar-refractivity contribution in [3.05, 3.63) is 41.9 Å². The minimum atomic E-state index is -0.346. The maximum absolute atomic E-state index is 12.0. The van der Waals surface area contributed by atoms with Gasteiger partial charge in [-0.1, -0.05) is 18.2 Å². The molecule has 1 N–H and O–H groups in total. The molecule has 0 saturated heterocycles. The predicted molar refractivity (Wildman–Crippen MR) is 66.8 cm³/mol. The number of anilines is 1. The van der Waals surface area contributed by atoms with E-state index in [1.54, 1.807) is 19.1 Å².